The van der Waals surface area contributed by atoms with Crippen LogP contribution in [0.2, 0.25) is 5.02 Å². The highest BCUT2D eigenvalue weighted by atomic mass is 35.5. The predicted molar refractivity (Wildman–Crippen MR) is 168 cm³/mol. The van der Waals surface area contributed by atoms with Crippen LogP contribution < -0.4 is 10.1 Å². The fourth-order valence-electron chi connectivity index (χ4n) is 6.60. The molecule has 1 heterocycles. The van der Waals surface area contributed by atoms with Gasteiger partial charge in [0.15, 0.2) is 5.84 Å². The molecule has 2 fully saturated rings. The summed E-state index contributed by atoms with van der Waals surface area (Å²) in [5.41, 5.74) is 2.20. The fraction of sp³-hybridized carbons (Fsp3) is 0.515. The summed E-state index contributed by atoms with van der Waals surface area (Å²) in [6, 6.07) is 12.8. The number of nitrogens with one attached hydrogen (secondary N) is 2. The number of benzene rings is 2. The molecule has 0 aromatic heterocycles. The summed E-state index contributed by atoms with van der Waals surface area (Å²) in [7, 11) is 3.05. The zero-order valence-electron chi connectivity index (χ0n) is 25.6. The van der Waals surface area contributed by atoms with Gasteiger partial charge in [0.25, 0.3) is 11.8 Å². The molecule has 1 atom stereocenters. The van der Waals surface area contributed by atoms with Gasteiger partial charge in [0.2, 0.25) is 0 Å². The highest BCUT2D eigenvalue weighted by Crippen LogP contribution is 2.54. The molecule has 5 rings (SSSR count). The molecular formula is C33H41ClN6O3. The van der Waals surface area contributed by atoms with E-state index in [4.69, 9.17) is 26.7 Å². The van der Waals surface area contributed by atoms with Crippen LogP contribution >= 0.6 is 11.6 Å². The topological polar surface area (TPSA) is 120 Å². The standard InChI is InChI=1S/C33H41ClN6O3/c1-32(2,3)24-14-16-33(17-15-24)38-28(23-12-13-26(43-5)25(34)18-23)31(42)40(33)29(20-6-7-20)21-8-10-22(11-9-21)30(41)37-19-27(35)39-36-4/h8-13,18,20,24,29,35H,6-7,14-17,19H2,1-5H3,(H,37,41)/t24?,29-,33?/m1/s1. The first-order valence-electron chi connectivity index (χ1n) is 15.0. The first kappa shape index (κ1) is 30.9. The average Bonchev–Trinajstić information content (AvgIpc) is 3.78. The van der Waals surface area contributed by atoms with Crippen LogP contribution in [-0.4, -0.2) is 54.6 Å². The molecule has 2 aliphatic carbocycles. The number of azo groups is 1. The van der Waals surface area contributed by atoms with Crippen LogP contribution in [-0.2, 0) is 4.79 Å². The second-order valence-corrected chi connectivity index (χ2v) is 13.3. The van der Waals surface area contributed by atoms with Crippen molar-refractivity contribution < 1.29 is 14.3 Å². The fourth-order valence-corrected chi connectivity index (χ4v) is 6.85. The van der Waals surface area contributed by atoms with E-state index in [9.17, 15) is 9.59 Å². The Morgan fingerprint density at radius 1 is 1.16 bits per heavy atom. The minimum absolute atomic E-state index is 0.00151. The van der Waals surface area contributed by atoms with Crippen molar-refractivity contribution in [3.8, 4) is 5.75 Å². The number of amidine groups is 1. The smallest absolute Gasteiger partial charge is 0.275 e. The van der Waals surface area contributed by atoms with Crippen molar-refractivity contribution in [1.29, 1.82) is 5.41 Å². The molecule has 0 unspecified atom stereocenters. The van der Waals surface area contributed by atoms with Gasteiger partial charge in [-0.1, -0.05) is 44.5 Å². The number of ether oxygens (including phenoxy) is 1. The summed E-state index contributed by atoms with van der Waals surface area (Å²) in [5.74, 6) is 1.06. The molecule has 2 aromatic carbocycles. The molecule has 2 aromatic rings. The largest absolute Gasteiger partial charge is 0.495 e. The molecule has 228 valence electrons. The third kappa shape index (κ3) is 6.37. The Kier molecular flexibility index (Phi) is 8.75. The van der Waals surface area contributed by atoms with Gasteiger partial charge in [-0.15, -0.1) is 5.11 Å². The minimum Gasteiger partial charge on any atom is -0.495 e. The summed E-state index contributed by atoms with van der Waals surface area (Å²) < 4.78 is 5.35. The predicted octanol–water partition coefficient (Wildman–Crippen LogP) is 6.85. The Morgan fingerprint density at radius 3 is 2.40 bits per heavy atom. The Morgan fingerprint density at radius 2 is 1.84 bits per heavy atom. The third-order valence-corrected chi connectivity index (χ3v) is 9.42. The summed E-state index contributed by atoms with van der Waals surface area (Å²) in [5, 5.41) is 18.1. The zero-order valence-corrected chi connectivity index (χ0v) is 26.4. The SMILES string of the molecule is CN=NC(=N)CNC(=O)c1ccc([C@@H](C2CC2)N2C(=O)C(c3ccc(OC)c(Cl)c3)=NC23CCC(C(C)(C)C)CC3)cc1. The molecule has 0 saturated heterocycles. The monoisotopic (exact) mass is 604 g/mol. The van der Waals surface area contributed by atoms with Gasteiger partial charge < -0.3 is 15.0 Å². The summed E-state index contributed by atoms with van der Waals surface area (Å²) in [6.07, 6.45) is 5.68. The van der Waals surface area contributed by atoms with Gasteiger partial charge >= 0.3 is 0 Å². The molecule has 3 aliphatic rings. The Bertz CT molecular complexity index is 1450. The maximum atomic E-state index is 14.5. The molecule has 1 aliphatic heterocycles. The highest BCUT2D eigenvalue weighted by Gasteiger charge is 2.55. The van der Waals surface area contributed by atoms with E-state index in [0.717, 1.165) is 44.1 Å². The van der Waals surface area contributed by atoms with E-state index in [1.54, 1.807) is 31.4 Å². The lowest BCUT2D eigenvalue weighted by molar-refractivity contribution is -0.134. The number of hydrogen-bond acceptors (Lipinski definition) is 6. The number of amides is 2. The van der Waals surface area contributed by atoms with Crippen molar-refractivity contribution in [3.05, 3.63) is 64.2 Å². The van der Waals surface area contributed by atoms with E-state index in [1.807, 2.05) is 18.2 Å². The molecule has 2 saturated carbocycles. The normalized spacial score (nSPS) is 23.0. The van der Waals surface area contributed by atoms with Gasteiger partial charge in [0, 0.05) is 18.2 Å². The van der Waals surface area contributed by atoms with Crippen molar-refractivity contribution in [1.82, 2.24) is 10.2 Å². The number of halogens is 1. The average molecular weight is 605 g/mol. The molecule has 43 heavy (non-hydrogen) atoms. The van der Waals surface area contributed by atoms with Crippen LogP contribution in [0.3, 0.4) is 0 Å². The number of carbonyl (C=O) groups excluding carboxylic acids is 2. The molecule has 1 spiro atoms. The quantitative estimate of drug-likeness (QED) is 0.195. The van der Waals surface area contributed by atoms with E-state index in [1.165, 1.54) is 7.05 Å². The number of carbonyl (C=O) groups is 2. The van der Waals surface area contributed by atoms with Crippen LogP contribution in [0.5, 0.6) is 5.75 Å². The van der Waals surface area contributed by atoms with Gasteiger partial charge in [0.1, 0.15) is 17.1 Å². The molecule has 0 bridgehead atoms. The molecule has 9 nitrogen and oxygen atoms in total. The van der Waals surface area contributed by atoms with Crippen LogP contribution in [0.25, 0.3) is 0 Å². The second-order valence-electron chi connectivity index (χ2n) is 12.9. The summed E-state index contributed by atoms with van der Waals surface area (Å²) in [4.78, 5) is 34.5. The lowest BCUT2D eigenvalue weighted by atomic mass is 9.69. The van der Waals surface area contributed by atoms with Crippen molar-refractivity contribution in [2.24, 2.45) is 32.5 Å². The third-order valence-electron chi connectivity index (χ3n) is 9.12. The Labute approximate surface area is 258 Å². The van der Waals surface area contributed by atoms with Gasteiger partial charge in [-0.25, -0.2) is 0 Å². The summed E-state index contributed by atoms with van der Waals surface area (Å²) >= 11 is 6.49. The van der Waals surface area contributed by atoms with E-state index in [0.29, 0.717) is 39.4 Å². The number of rotatable bonds is 8. The maximum Gasteiger partial charge on any atom is 0.275 e. The number of nitrogens with zero attached hydrogens (tertiary/aromatic N) is 4. The molecule has 2 N–H and O–H groups in total. The highest BCUT2D eigenvalue weighted by molar-refractivity contribution is 6.47. The summed E-state index contributed by atoms with van der Waals surface area (Å²) in [6.45, 7) is 6.88. The van der Waals surface area contributed by atoms with Crippen LogP contribution in [0.1, 0.15) is 86.8 Å². The van der Waals surface area contributed by atoms with Gasteiger partial charge in [0.05, 0.1) is 24.7 Å². The van der Waals surface area contributed by atoms with Gasteiger partial charge in [-0.3, -0.25) is 20.0 Å². The van der Waals surface area contributed by atoms with E-state index in [-0.39, 0.29) is 35.7 Å². The molecule has 2 amide bonds. The van der Waals surface area contributed by atoms with Crippen LogP contribution in [0.15, 0.2) is 57.7 Å². The van der Waals surface area contributed by atoms with Crippen molar-refractivity contribution >= 4 is 35.0 Å². The van der Waals surface area contributed by atoms with E-state index in [2.05, 4.69) is 41.2 Å². The van der Waals surface area contributed by atoms with Crippen molar-refractivity contribution in [2.75, 3.05) is 20.7 Å². The first-order chi connectivity index (χ1) is 20.5. The molecule has 0 radical (unpaired) electrons. The Balaban J connectivity index is 1.47. The Hall–Kier alpha value is -3.59. The lowest BCUT2D eigenvalue weighted by Crippen LogP contribution is -2.52. The first-order valence-corrected chi connectivity index (χ1v) is 15.4. The molecule has 10 heteroatoms. The van der Waals surface area contributed by atoms with Gasteiger partial charge in [-0.05, 0) is 91.7 Å². The van der Waals surface area contributed by atoms with Gasteiger partial charge in [-0.2, -0.15) is 5.11 Å². The van der Waals surface area contributed by atoms with Crippen molar-refractivity contribution in [2.45, 2.75) is 71.0 Å². The number of hydrogen-bond donors (Lipinski definition) is 2. The van der Waals surface area contributed by atoms with E-state index < -0.39 is 5.66 Å². The van der Waals surface area contributed by atoms with Crippen molar-refractivity contribution in [3.63, 3.8) is 0 Å². The minimum atomic E-state index is -0.627. The zero-order chi connectivity index (χ0) is 30.9. The number of methoxy groups -OCH3 is 1. The molecular weight excluding hydrogens is 564 g/mol. The van der Waals surface area contributed by atoms with Crippen LogP contribution in [0.4, 0.5) is 0 Å². The maximum absolute atomic E-state index is 14.5. The lowest BCUT2D eigenvalue weighted by Gasteiger charge is -2.47. The van der Waals surface area contributed by atoms with E-state index >= 15 is 0 Å². The second kappa shape index (κ2) is 12.2. The number of aliphatic imine (C=N–C) groups is 1. The van der Waals surface area contributed by atoms with Crippen LogP contribution in [0, 0.1) is 22.7 Å².